The van der Waals surface area contributed by atoms with Crippen molar-refractivity contribution in [3.8, 4) is 17.0 Å². The molecule has 2 N–H and O–H groups in total. The molecule has 0 saturated carbocycles. The Morgan fingerprint density at radius 1 is 1.14 bits per heavy atom. The molecule has 0 saturated heterocycles. The summed E-state index contributed by atoms with van der Waals surface area (Å²) in [5.41, 5.74) is 1.96. The number of carbonyl (C=O) groups excluding carboxylic acids is 1. The summed E-state index contributed by atoms with van der Waals surface area (Å²) in [5, 5.41) is 4.96. The summed E-state index contributed by atoms with van der Waals surface area (Å²) in [7, 11) is -3.32. The second-order valence-electron chi connectivity index (χ2n) is 5.78. The van der Waals surface area contributed by atoms with Crippen LogP contribution in [0.25, 0.3) is 11.3 Å². The normalized spacial score (nSPS) is 11.1. The Morgan fingerprint density at radius 2 is 1.82 bits per heavy atom. The number of ether oxygens (including phenoxy) is 1. The number of anilines is 2. The lowest BCUT2D eigenvalue weighted by molar-refractivity contribution is -0.118. The molecule has 0 fully saturated rings. The third-order valence-corrected chi connectivity index (χ3v) is 5.31. The van der Waals surface area contributed by atoms with Crippen molar-refractivity contribution in [2.45, 2.75) is 0 Å². The molecule has 3 aromatic rings. The highest BCUT2D eigenvalue weighted by Crippen LogP contribution is 2.26. The van der Waals surface area contributed by atoms with Crippen LogP contribution in [0, 0.1) is 0 Å². The molecule has 146 valence electrons. The number of halogens is 1. The van der Waals surface area contributed by atoms with Crippen molar-refractivity contribution in [1.82, 2.24) is 4.98 Å². The highest BCUT2D eigenvalue weighted by atomic mass is 79.9. The summed E-state index contributed by atoms with van der Waals surface area (Å²) < 4.78 is 31.3. The van der Waals surface area contributed by atoms with E-state index in [1.165, 1.54) is 11.3 Å². The largest absolute Gasteiger partial charge is 0.484 e. The fraction of sp³-hybridized carbons (Fsp3) is 0.111. The lowest BCUT2D eigenvalue weighted by Gasteiger charge is -2.06. The minimum absolute atomic E-state index is 0.123. The Morgan fingerprint density at radius 3 is 2.46 bits per heavy atom. The van der Waals surface area contributed by atoms with Gasteiger partial charge in [-0.25, -0.2) is 13.4 Å². The van der Waals surface area contributed by atoms with Gasteiger partial charge in [0.15, 0.2) is 11.7 Å². The molecule has 1 heterocycles. The van der Waals surface area contributed by atoms with E-state index < -0.39 is 10.0 Å². The molecule has 0 unspecified atom stereocenters. The second-order valence-corrected chi connectivity index (χ2v) is 9.30. The first-order valence-electron chi connectivity index (χ1n) is 8.00. The van der Waals surface area contributed by atoms with Crippen LogP contribution in [-0.4, -0.2) is 32.2 Å². The van der Waals surface area contributed by atoms with Gasteiger partial charge in [0.2, 0.25) is 10.0 Å². The van der Waals surface area contributed by atoms with E-state index in [-0.39, 0.29) is 12.5 Å². The molecule has 0 radical (unpaired) electrons. The number of rotatable bonds is 7. The topological polar surface area (TPSA) is 97.4 Å². The maximum Gasteiger partial charge on any atom is 0.264 e. The number of amides is 1. The number of aromatic nitrogens is 1. The third kappa shape index (κ3) is 6.04. The average Bonchev–Trinajstić information content (AvgIpc) is 3.09. The van der Waals surface area contributed by atoms with Crippen LogP contribution in [0.3, 0.4) is 0 Å². The number of hydrogen-bond donors (Lipinski definition) is 2. The summed E-state index contributed by atoms with van der Waals surface area (Å²) in [4.78, 5) is 16.4. The minimum atomic E-state index is -3.32. The first kappa shape index (κ1) is 20.3. The number of nitrogens with zero attached hydrogens (tertiary/aromatic N) is 1. The van der Waals surface area contributed by atoms with E-state index in [1.54, 1.807) is 36.4 Å². The molecule has 0 aliphatic rings. The zero-order chi connectivity index (χ0) is 20.1. The van der Waals surface area contributed by atoms with E-state index in [0.29, 0.717) is 22.3 Å². The highest BCUT2D eigenvalue weighted by Gasteiger charge is 2.09. The lowest BCUT2D eigenvalue weighted by Crippen LogP contribution is -2.20. The predicted octanol–water partition coefficient (Wildman–Crippen LogP) is 3.96. The van der Waals surface area contributed by atoms with Gasteiger partial charge in [-0.2, -0.15) is 0 Å². The Labute approximate surface area is 175 Å². The molecule has 0 spiro atoms. The molecule has 1 amide bonds. The van der Waals surface area contributed by atoms with Gasteiger partial charge in [0.05, 0.1) is 11.9 Å². The van der Waals surface area contributed by atoms with Crippen molar-refractivity contribution >= 4 is 54.0 Å². The molecule has 2 aromatic carbocycles. The Hall–Kier alpha value is -2.43. The highest BCUT2D eigenvalue weighted by molar-refractivity contribution is 9.10. The quantitative estimate of drug-likeness (QED) is 0.532. The van der Waals surface area contributed by atoms with E-state index >= 15 is 0 Å². The zero-order valence-corrected chi connectivity index (χ0v) is 17.9. The average molecular weight is 482 g/mol. The van der Waals surface area contributed by atoms with Crippen molar-refractivity contribution in [2.24, 2.45) is 0 Å². The van der Waals surface area contributed by atoms with E-state index in [4.69, 9.17) is 4.74 Å². The smallest absolute Gasteiger partial charge is 0.264 e. The zero-order valence-electron chi connectivity index (χ0n) is 14.7. The minimum Gasteiger partial charge on any atom is -0.484 e. The predicted molar refractivity (Wildman–Crippen MR) is 114 cm³/mol. The van der Waals surface area contributed by atoms with Crippen LogP contribution in [0.2, 0.25) is 0 Å². The molecule has 0 atom stereocenters. The van der Waals surface area contributed by atoms with E-state index in [0.717, 1.165) is 16.3 Å². The van der Waals surface area contributed by atoms with Crippen LogP contribution in [0.1, 0.15) is 0 Å². The van der Waals surface area contributed by atoms with Crippen molar-refractivity contribution < 1.29 is 17.9 Å². The summed E-state index contributed by atoms with van der Waals surface area (Å²) >= 11 is 4.63. The monoisotopic (exact) mass is 481 g/mol. The van der Waals surface area contributed by atoms with Crippen LogP contribution in [-0.2, 0) is 14.8 Å². The molecule has 0 aliphatic heterocycles. The van der Waals surface area contributed by atoms with Crippen molar-refractivity contribution in [1.29, 1.82) is 0 Å². The van der Waals surface area contributed by atoms with Gasteiger partial charge in [-0.1, -0.05) is 28.1 Å². The standard InChI is InChI=1S/C18H16BrN3O4S2/c1-28(24,25)22-14-6-2-12(3-7-14)16-11-27-18(20-16)21-17(23)10-26-15-8-4-13(19)5-9-15/h2-9,11,22H,10H2,1H3,(H,20,21,23). The van der Waals surface area contributed by atoms with Gasteiger partial charge in [0.1, 0.15) is 5.75 Å². The number of hydrogen-bond acceptors (Lipinski definition) is 6. The van der Waals surface area contributed by atoms with Gasteiger partial charge in [-0.3, -0.25) is 14.8 Å². The second kappa shape index (κ2) is 8.72. The molecular weight excluding hydrogens is 466 g/mol. The first-order valence-corrected chi connectivity index (χ1v) is 11.6. The summed E-state index contributed by atoms with van der Waals surface area (Å²) in [6.45, 7) is -0.123. The fourth-order valence-corrected chi connectivity index (χ4v) is 3.79. The maximum atomic E-state index is 12.0. The SMILES string of the molecule is CS(=O)(=O)Nc1ccc(-c2csc(NC(=O)COc3ccc(Br)cc3)n2)cc1. The Balaban J connectivity index is 1.57. The number of benzene rings is 2. The van der Waals surface area contributed by atoms with Crippen LogP contribution in [0.4, 0.5) is 10.8 Å². The molecule has 28 heavy (non-hydrogen) atoms. The number of thiazole rings is 1. The van der Waals surface area contributed by atoms with Gasteiger partial charge >= 0.3 is 0 Å². The molecule has 3 rings (SSSR count). The van der Waals surface area contributed by atoms with Crippen LogP contribution in [0.15, 0.2) is 58.4 Å². The summed E-state index contributed by atoms with van der Waals surface area (Å²) in [6.07, 6.45) is 1.09. The van der Waals surface area contributed by atoms with E-state index in [2.05, 4.69) is 31.0 Å². The van der Waals surface area contributed by atoms with E-state index in [9.17, 15) is 13.2 Å². The van der Waals surface area contributed by atoms with Crippen molar-refractivity contribution in [2.75, 3.05) is 22.9 Å². The van der Waals surface area contributed by atoms with Gasteiger partial charge < -0.3 is 4.74 Å². The summed E-state index contributed by atoms with van der Waals surface area (Å²) in [5.74, 6) is 0.289. The molecular formula is C18H16BrN3O4S2. The number of nitrogens with one attached hydrogen (secondary N) is 2. The summed E-state index contributed by atoms with van der Waals surface area (Å²) in [6, 6.07) is 14.0. The molecule has 7 nitrogen and oxygen atoms in total. The Bertz CT molecular complexity index is 1060. The fourth-order valence-electron chi connectivity index (χ4n) is 2.22. The number of sulfonamides is 1. The van der Waals surface area contributed by atoms with Crippen LogP contribution >= 0.6 is 27.3 Å². The van der Waals surface area contributed by atoms with E-state index in [1.807, 2.05) is 17.5 Å². The van der Waals surface area contributed by atoms with Crippen molar-refractivity contribution in [3.63, 3.8) is 0 Å². The molecule has 1 aromatic heterocycles. The van der Waals surface area contributed by atoms with Gasteiger partial charge in [0, 0.05) is 21.1 Å². The third-order valence-electron chi connectivity index (χ3n) is 3.42. The van der Waals surface area contributed by atoms with Gasteiger partial charge in [-0.05, 0) is 36.4 Å². The van der Waals surface area contributed by atoms with Gasteiger partial charge in [-0.15, -0.1) is 11.3 Å². The maximum absolute atomic E-state index is 12.0. The molecule has 0 aliphatic carbocycles. The van der Waals surface area contributed by atoms with Crippen LogP contribution in [0.5, 0.6) is 5.75 Å². The first-order chi connectivity index (χ1) is 13.3. The lowest BCUT2D eigenvalue weighted by atomic mass is 10.1. The number of carbonyl (C=O) groups is 1. The van der Waals surface area contributed by atoms with Crippen molar-refractivity contribution in [3.05, 3.63) is 58.4 Å². The van der Waals surface area contributed by atoms with Crippen LogP contribution < -0.4 is 14.8 Å². The van der Waals surface area contributed by atoms with Gasteiger partial charge in [0.25, 0.3) is 5.91 Å². The Kier molecular flexibility index (Phi) is 6.32. The molecule has 0 bridgehead atoms. The molecule has 10 heteroatoms.